The second kappa shape index (κ2) is 9.30. The van der Waals surface area contributed by atoms with E-state index in [-0.39, 0.29) is 12.6 Å². The average molecular weight is 348 g/mol. The first-order chi connectivity index (χ1) is 11.6. The van der Waals surface area contributed by atoms with Gasteiger partial charge in [0.25, 0.3) is 0 Å². The molecule has 0 saturated carbocycles. The first-order valence-electron chi connectivity index (χ1n) is 8.08. The Morgan fingerprint density at radius 2 is 2.21 bits per heavy atom. The highest BCUT2D eigenvalue weighted by atomic mass is 32.1. The highest BCUT2D eigenvalue weighted by Crippen LogP contribution is 2.21. The first kappa shape index (κ1) is 18.3. The lowest BCUT2D eigenvalue weighted by Gasteiger charge is -2.14. The summed E-state index contributed by atoms with van der Waals surface area (Å²) in [5.74, 6) is 0.805. The van der Waals surface area contributed by atoms with Crippen molar-refractivity contribution in [1.29, 1.82) is 0 Å². The standard InChI is InChI=1S/C18H24N2O3S/c1-3-4-8-23-15-5-6-16(13(2)10-15)20-18(22)19-11-17(21)14-7-9-24-12-14/h5-7,9-10,12,17,21H,3-4,8,11H2,1-2H3,(H2,19,20,22). The Kier molecular flexibility index (Phi) is 7.08. The Morgan fingerprint density at radius 3 is 2.88 bits per heavy atom. The number of amides is 2. The lowest BCUT2D eigenvalue weighted by molar-refractivity contribution is 0.175. The van der Waals surface area contributed by atoms with E-state index in [2.05, 4.69) is 17.6 Å². The smallest absolute Gasteiger partial charge is 0.319 e. The van der Waals surface area contributed by atoms with Crippen LogP contribution in [0, 0.1) is 6.92 Å². The lowest BCUT2D eigenvalue weighted by atomic mass is 10.2. The Balaban J connectivity index is 1.82. The molecule has 3 N–H and O–H groups in total. The van der Waals surface area contributed by atoms with Gasteiger partial charge in [-0.3, -0.25) is 0 Å². The number of thiophene rings is 1. The minimum atomic E-state index is -0.697. The molecule has 0 bridgehead atoms. The molecule has 1 heterocycles. The molecule has 0 aliphatic carbocycles. The number of benzene rings is 1. The van der Waals surface area contributed by atoms with Crippen LogP contribution in [0.1, 0.15) is 37.0 Å². The minimum Gasteiger partial charge on any atom is -0.494 e. The number of carbonyl (C=O) groups excluding carboxylic acids is 1. The predicted octanol–water partition coefficient (Wildman–Crippen LogP) is 4.09. The summed E-state index contributed by atoms with van der Waals surface area (Å²) in [4.78, 5) is 12.0. The third kappa shape index (κ3) is 5.54. The van der Waals surface area contributed by atoms with Gasteiger partial charge in [0.2, 0.25) is 0 Å². The third-order valence-corrected chi connectivity index (χ3v) is 4.30. The lowest BCUT2D eigenvalue weighted by Crippen LogP contribution is -2.32. The van der Waals surface area contributed by atoms with Crippen molar-refractivity contribution in [2.24, 2.45) is 0 Å². The van der Waals surface area contributed by atoms with E-state index in [4.69, 9.17) is 4.74 Å². The minimum absolute atomic E-state index is 0.166. The highest BCUT2D eigenvalue weighted by molar-refractivity contribution is 7.07. The fourth-order valence-corrected chi connectivity index (χ4v) is 2.85. The summed E-state index contributed by atoms with van der Waals surface area (Å²) in [6, 6.07) is 7.08. The van der Waals surface area contributed by atoms with E-state index in [0.29, 0.717) is 6.61 Å². The number of nitrogens with one attached hydrogen (secondary N) is 2. The van der Waals surface area contributed by atoms with E-state index in [1.54, 1.807) is 0 Å². The summed E-state index contributed by atoms with van der Waals surface area (Å²) in [6.45, 7) is 4.90. The summed E-state index contributed by atoms with van der Waals surface area (Å²) < 4.78 is 5.65. The topological polar surface area (TPSA) is 70.6 Å². The molecular formula is C18H24N2O3S. The monoisotopic (exact) mass is 348 g/mol. The fourth-order valence-electron chi connectivity index (χ4n) is 2.14. The van der Waals surface area contributed by atoms with Crippen molar-refractivity contribution in [1.82, 2.24) is 5.32 Å². The van der Waals surface area contributed by atoms with Crippen LogP contribution < -0.4 is 15.4 Å². The van der Waals surface area contributed by atoms with Crippen LogP contribution in [0.4, 0.5) is 10.5 Å². The molecule has 5 nitrogen and oxygen atoms in total. The molecule has 0 spiro atoms. The number of unbranched alkanes of at least 4 members (excludes halogenated alkanes) is 1. The summed E-state index contributed by atoms with van der Waals surface area (Å²) in [5, 5.41) is 19.2. The van der Waals surface area contributed by atoms with Gasteiger partial charge in [-0.05, 0) is 59.5 Å². The van der Waals surface area contributed by atoms with Crippen LogP contribution >= 0.6 is 11.3 Å². The molecule has 0 fully saturated rings. The molecular weight excluding hydrogens is 324 g/mol. The molecule has 2 rings (SSSR count). The van der Waals surface area contributed by atoms with Crippen molar-refractivity contribution < 1.29 is 14.6 Å². The van der Waals surface area contributed by atoms with E-state index < -0.39 is 6.10 Å². The number of rotatable bonds is 8. The van der Waals surface area contributed by atoms with Gasteiger partial charge in [-0.15, -0.1) is 0 Å². The van der Waals surface area contributed by atoms with E-state index in [9.17, 15) is 9.90 Å². The van der Waals surface area contributed by atoms with Gasteiger partial charge in [0, 0.05) is 12.2 Å². The van der Waals surface area contributed by atoms with Crippen molar-refractivity contribution in [3.8, 4) is 5.75 Å². The Morgan fingerprint density at radius 1 is 1.38 bits per heavy atom. The molecule has 0 saturated heterocycles. The number of aliphatic hydroxyl groups is 1. The van der Waals surface area contributed by atoms with E-state index in [1.807, 2.05) is 41.9 Å². The number of urea groups is 1. The zero-order valence-electron chi connectivity index (χ0n) is 14.0. The molecule has 6 heteroatoms. The third-order valence-electron chi connectivity index (χ3n) is 3.60. The van der Waals surface area contributed by atoms with Crippen molar-refractivity contribution in [3.63, 3.8) is 0 Å². The molecule has 24 heavy (non-hydrogen) atoms. The number of ether oxygens (including phenoxy) is 1. The fraction of sp³-hybridized carbons (Fsp3) is 0.389. The summed E-state index contributed by atoms with van der Waals surface area (Å²) in [6.07, 6.45) is 1.42. The van der Waals surface area contributed by atoms with Gasteiger partial charge in [-0.25, -0.2) is 4.79 Å². The number of carbonyl (C=O) groups is 1. The molecule has 2 aromatic rings. The van der Waals surface area contributed by atoms with Gasteiger partial charge in [0.15, 0.2) is 0 Å². The maximum absolute atomic E-state index is 12.0. The van der Waals surface area contributed by atoms with Gasteiger partial charge < -0.3 is 20.5 Å². The Labute approximate surface area is 146 Å². The van der Waals surface area contributed by atoms with Gasteiger partial charge in [0.05, 0.1) is 12.7 Å². The van der Waals surface area contributed by atoms with Gasteiger partial charge in [-0.1, -0.05) is 13.3 Å². The molecule has 1 aromatic heterocycles. The van der Waals surface area contributed by atoms with Crippen LogP contribution in [0.15, 0.2) is 35.0 Å². The molecule has 1 aromatic carbocycles. The zero-order valence-corrected chi connectivity index (χ0v) is 14.9. The van der Waals surface area contributed by atoms with Crippen molar-refractivity contribution in [2.45, 2.75) is 32.8 Å². The molecule has 130 valence electrons. The summed E-state index contributed by atoms with van der Waals surface area (Å²) in [7, 11) is 0. The second-order valence-electron chi connectivity index (χ2n) is 5.59. The van der Waals surface area contributed by atoms with Gasteiger partial charge >= 0.3 is 6.03 Å². The number of hydrogen-bond acceptors (Lipinski definition) is 4. The second-order valence-corrected chi connectivity index (χ2v) is 6.37. The number of aryl methyl sites for hydroxylation is 1. The first-order valence-corrected chi connectivity index (χ1v) is 9.03. The molecule has 2 amide bonds. The SMILES string of the molecule is CCCCOc1ccc(NC(=O)NCC(O)c2ccsc2)c(C)c1. The Bertz CT molecular complexity index is 644. The van der Waals surface area contributed by atoms with Crippen LogP contribution in [0.25, 0.3) is 0 Å². The molecule has 0 aliphatic heterocycles. The van der Waals surface area contributed by atoms with Gasteiger partial charge in [-0.2, -0.15) is 11.3 Å². The predicted molar refractivity (Wildman–Crippen MR) is 97.9 cm³/mol. The molecule has 0 radical (unpaired) electrons. The van der Waals surface area contributed by atoms with Crippen LogP contribution in [0.3, 0.4) is 0 Å². The molecule has 0 aliphatic rings. The van der Waals surface area contributed by atoms with Gasteiger partial charge in [0.1, 0.15) is 5.75 Å². The zero-order chi connectivity index (χ0) is 17.4. The van der Waals surface area contributed by atoms with Crippen molar-refractivity contribution >= 4 is 23.1 Å². The number of hydrogen-bond donors (Lipinski definition) is 3. The highest BCUT2D eigenvalue weighted by Gasteiger charge is 2.10. The van der Waals surface area contributed by atoms with Crippen LogP contribution in [0.5, 0.6) is 5.75 Å². The maximum Gasteiger partial charge on any atom is 0.319 e. The van der Waals surface area contributed by atoms with Crippen LogP contribution in [-0.2, 0) is 0 Å². The quantitative estimate of drug-likeness (QED) is 0.629. The maximum atomic E-state index is 12.0. The number of aliphatic hydroxyl groups excluding tert-OH is 1. The molecule has 1 atom stereocenters. The van der Waals surface area contributed by atoms with Crippen molar-refractivity contribution in [3.05, 3.63) is 46.2 Å². The van der Waals surface area contributed by atoms with Crippen molar-refractivity contribution in [2.75, 3.05) is 18.5 Å². The number of anilines is 1. The largest absolute Gasteiger partial charge is 0.494 e. The van der Waals surface area contributed by atoms with E-state index >= 15 is 0 Å². The van der Waals surface area contributed by atoms with E-state index in [0.717, 1.165) is 35.4 Å². The normalized spacial score (nSPS) is 11.8. The van der Waals surface area contributed by atoms with Crippen LogP contribution in [0.2, 0.25) is 0 Å². The summed E-state index contributed by atoms with van der Waals surface area (Å²) in [5.41, 5.74) is 2.46. The molecule has 1 unspecified atom stereocenters. The van der Waals surface area contributed by atoms with Crippen LogP contribution in [-0.4, -0.2) is 24.3 Å². The Hall–Kier alpha value is -2.05. The average Bonchev–Trinajstić information content (AvgIpc) is 3.10. The van der Waals surface area contributed by atoms with E-state index in [1.165, 1.54) is 11.3 Å². The summed E-state index contributed by atoms with van der Waals surface area (Å²) >= 11 is 1.51.